The fourth-order valence-electron chi connectivity index (χ4n) is 3.77. The molecule has 1 spiro atoms. The Bertz CT molecular complexity index is 251. The molecular formula is C15H30N2O. The van der Waals surface area contributed by atoms with Crippen LogP contribution in [-0.2, 0) is 4.74 Å². The molecule has 1 aliphatic heterocycles. The lowest BCUT2D eigenvalue weighted by Gasteiger charge is -2.41. The lowest BCUT2D eigenvalue weighted by molar-refractivity contribution is -0.0988. The van der Waals surface area contributed by atoms with Crippen LogP contribution in [0.25, 0.3) is 0 Å². The van der Waals surface area contributed by atoms with Gasteiger partial charge in [0.1, 0.15) is 0 Å². The summed E-state index contributed by atoms with van der Waals surface area (Å²) >= 11 is 0. The normalized spacial score (nSPS) is 30.5. The largest absolute Gasteiger partial charge is 0.375 e. The molecule has 0 aromatic carbocycles. The second kappa shape index (κ2) is 6.36. The highest BCUT2D eigenvalue weighted by atomic mass is 16.5. The maximum absolute atomic E-state index is 6.11. The lowest BCUT2D eigenvalue weighted by Crippen LogP contribution is -2.48. The number of hydrazine groups is 1. The Balaban J connectivity index is 1.93. The molecule has 3 N–H and O–H groups in total. The molecule has 3 heteroatoms. The van der Waals surface area contributed by atoms with E-state index in [-0.39, 0.29) is 5.60 Å². The zero-order valence-corrected chi connectivity index (χ0v) is 12.1. The molecule has 3 atom stereocenters. The average Bonchev–Trinajstić information content (AvgIpc) is 2.83. The Morgan fingerprint density at radius 3 is 2.72 bits per heavy atom. The van der Waals surface area contributed by atoms with Crippen LogP contribution >= 0.6 is 0 Å². The summed E-state index contributed by atoms with van der Waals surface area (Å²) in [7, 11) is 0. The molecule has 0 aromatic rings. The van der Waals surface area contributed by atoms with Crippen molar-refractivity contribution in [3.8, 4) is 0 Å². The fraction of sp³-hybridized carbons (Fsp3) is 1.00. The quantitative estimate of drug-likeness (QED) is 0.585. The van der Waals surface area contributed by atoms with Gasteiger partial charge in [0.2, 0.25) is 0 Å². The van der Waals surface area contributed by atoms with Crippen LogP contribution in [-0.4, -0.2) is 18.2 Å². The van der Waals surface area contributed by atoms with E-state index in [9.17, 15) is 0 Å². The third-order valence-corrected chi connectivity index (χ3v) is 5.18. The molecule has 1 heterocycles. The molecule has 106 valence electrons. The Kier molecular flexibility index (Phi) is 5.05. The van der Waals surface area contributed by atoms with Gasteiger partial charge in [-0.05, 0) is 43.9 Å². The van der Waals surface area contributed by atoms with Gasteiger partial charge in [-0.25, -0.2) is 0 Å². The van der Waals surface area contributed by atoms with Crippen LogP contribution in [0.5, 0.6) is 0 Å². The highest BCUT2D eigenvalue weighted by Crippen LogP contribution is 2.43. The molecule has 3 nitrogen and oxygen atoms in total. The van der Waals surface area contributed by atoms with Gasteiger partial charge < -0.3 is 4.74 Å². The number of rotatable bonds is 5. The van der Waals surface area contributed by atoms with E-state index in [0.717, 1.165) is 12.5 Å². The molecule has 2 rings (SSSR count). The molecule has 2 aliphatic rings. The van der Waals surface area contributed by atoms with Gasteiger partial charge in [-0.15, -0.1) is 0 Å². The van der Waals surface area contributed by atoms with Crippen molar-refractivity contribution in [1.29, 1.82) is 0 Å². The van der Waals surface area contributed by atoms with Crippen LogP contribution in [0.1, 0.15) is 65.2 Å². The van der Waals surface area contributed by atoms with Gasteiger partial charge in [-0.1, -0.05) is 33.1 Å². The summed E-state index contributed by atoms with van der Waals surface area (Å²) in [6.07, 6.45) is 10.1. The molecule has 0 aromatic heterocycles. The van der Waals surface area contributed by atoms with Crippen molar-refractivity contribution in [2.24, 2.45) is 17.7 Å². The van der Waals surface area contributed by atoms with Gasteiger partial charge >= 0.3 is 0 Å². The van der Waals surface area contributed by atoms with E-state index in [4.69, 9.17) is 10.6 Å². The monoisotopic (exact) mass is 254 g/mol. The highest BCUT2D eigenvalue weighted by Gasteiger charge is 2.41. The van der Waals surface area contributed by atoms with Gasteiger partial charge in [0, 0.05) is 12.6 Å². The van der Waals surface area contributed by atoms with E-state index < -0.39 is 0 Å². The third-order valence-electron chi connectivity index (χ3n) is 5.18. The molecule has 0 amide bonds. The Hall–Kier alpha value is -0.120. The first-order valence-electron chi connectivity index (χ1n) is 7.79. The fourth-order valence-corrected chi connectivity index (χ4v) is 3.77. The molecule has 1 saturated carbocycles. The SMILES string of the molecule is CCC(C)CC(NN)C1CCOC2(CCCC2)C1. The first-order valence-corrected chi connectivity index (χ1v) is 7.79. The minimum Gasteiger partial charge on any atom is -0.375 e. The summed E-state index contributed by atoms with van der Waals surface area (Å²) in [6.45, 7) is 5.53. The second-order valence-corrected chi connectivity index (χ2v) is 6.51. The van der Waals surface area contributed by atoms with E-state index in [1.807, 2.05) is 0 Å². The topological polar surface area (TPSA) is 47.3 Å². The Morgan fingerprint density at radius 2 is 2.11 bits per heavy atom. The van der Waals surface area contributed by atoms with Crippen LogP contribution in [0, 0.1) is 11.8 Å². The first-order chi connectivity index (χ1) is 8.69. The highest BCUT2D eigenvalue weighted by molar-refractivity contribution is 4.94. The van der Waals surface area contributed by atoms with Crippen LogP contribution in [0.4, 0.5) is 0 Å². The molecule has 3 unspecified atom stereocenters. The molecule has 2 fully saturated rings. The van der Waals surface area contributed by atoms with Gasteiger partial charge in [-0.3, -0.25) is 11.3 Å². The van der Waals surface area contributed by atoms with Gasteiger partial charge in [0.05, 0.1) is 5.60 Å². The summed E-state index contributed by atoms with van der Waals surface area (Å²) in [5, 5.41) is 0. The van der Waals surface area contributed by atoms with E-state index in [1.165, 1.54) is 51.4 Å². The third kappa shape index (κ3) is 3.25. The van der Waals surface area contributed by atoms with Gasteiger partial charge in [0.15, 0.2) is 0 Å². The number of hydrogen-bond acceptors (Lipinski definition) is 3. The van der Waals surface area contributed by atoms with Crippen molar-refractivity contribution < 1.29 is 4.74 Å². The standard InChI is InChI=1S/C15H30N2O/c1-3-12(2)10-14(17-16)13-6-9-18-15(11-13)7-4-5-8-15/h12-14,17H,3-11,16H2,1-2H3. The lowest BCUT2D eigenvalue weighted by atomic mass is 9.78. The minimum absolute atomic E-state index is 0.216. The van der Waals surface area contributed by atoms with Gasteiger partial charge in [-0.2, -0.15) is 0 Å². The van der Waals surface area contributed by atoms with Crippen molar-refractivity contribution in [3.05, 3.63) is 0 Å². The maximum atomic E-state index is 6.11. The van der Waals surface area contributed by atoms with Crippen molar-refractivity contribution >= 4 is 0 Å². The van der Waals surface area contributed by atoms with E-state index >= 15 is 0 Å². The predicted octanol–water partition coefficient (Wildman–Crippen LogP) is 2.99. The maximum Gasteiger partial charge on any atom is 0.0685 e. The molecule has 0 radical (unpaired) electrons. The predicted molar refractivity (Wildman–Crippen MR) is 75.1 cm³/mol. The summed E-state index contributed by atoms with van der Waals surface area (Å²) < 4.78 is 6.11. The number of nitrogens with two attached hydrogens (primary N) is 1. The van der Waals surface area contributed by atoms with Crippen molar-refractivity contribution in [3.63, 3.8) is 0 Å². The molecular weight excluding hydrogens is 224 g/mol. The zero-order chi connectivity index (χ0) is 13.0. The van der Waals surface area contributed by atoms with Crippen LogP contribution < -0.4 is 11.3 Å². The van der Waals surface area contributed by atoms with Crippen LogP contribution in [0.3, 0.4) is 0 Å². The Morgan fingerprint density at radius 1 is 1.39 bits per heavy atom. The number of ether oxygens (including phenoxy) is 1. The van der Waals surface area contributed by atoms with Crippen LogP contribution in [0.15, 0.2) is 0 Å². The molecule has 0 bridgehead atoms. The number of hydrogen-bond donors (Lipinski definition) is 2. The van der Waals surface area contributed by atoms with Crippen molar-refractivity contribution in [1.82, 2.24) is 5.43 Å². The number of nitrogens with one attached hydrogen (secondary N) is 1. The van der Waals surface area contributed by atoms with E-state index in [2.05, 4.69) is 19.3 Å². The minimum atomic E-state index is 0.216. The summed E-state index contributed by atoms with van der Waals surface area (Å²) in [6, 6.07) is 0.473. The zero-order valence-electron chi connectivity index (χ0n) is 12.1. The van der Waals surface area contributed by atoms with E-state index in [0.29, 0.717) is 12.0 Å². The average molecular weight is 254 g/mol. The second-order valence-electron chi connectivity index (χ2n) is 6.51. The van der Waals surface area contributed by atoms with Crippen molar-refractivity contribution in [2.75, 3.05) is 6.61 Å². The molecule has 1 aliphatic carbocycles. The van der Waals surface area contributed by atoms with Crippen molar-refractivity contribution in [2.45, 2.75) is 76.9 Å². The van der Waals surface area contributed by atoms with E-state index in [1.54, 1.807) is 0 Å². The first kappa shape index (κ1) is 14.3. The Labute approximate surface area is 112 Å². The van der Waals surface area contributed by atoms with Crippen LogP contribution in [0.2, 0.25) is 0 Å². The summed E-state index contributed by atoms with van der Waals surface area (Å²) in [5.41, 5.74) is 3.30. The summed E-state index contributed by atoms with van der Waals surface area (Å²) in [5.74, 6) is 7.27. The summed E-state index contributed by atoms with van der Waals surface area (Å²) in [4.78, 5) is 0. The molecule has 1 saturated heterocycles. The van der Waals surface area contributed by atoms with Gasteiger partial charge in [0.25, 0.3) is 0 Å². The molecule has 18 heavy (non-hydrogen) atoms. The smallest absolute Gasteiger partial charge is 0.0685 e.